The van der Waals surface area contributed by atoms with Crippen LogP contribution in [-0.2, 0) is 0 Å². The molecule has 0 spiro atoms. The van der Waals surface area contributed by atoms with Crippen LogP contribution in [0.15, 0.2) is 182 Å². The second-order valence-electron chi connectivity index (χ2n) is 15.7. The number of rotatable bonds is 8. The predicted molar refractivity (Wildman–Crippen MR) is 241 cm³/mol. The lowest BCUT2D eigenvalue weighted by atomic mass is 9.90. The van der Waals surface area contributed by atoms with Crippen LogP contribution >= 0.6 is 0 Å². The van der Waals surface area contributed by atoms with Crippen molar-refractivity contribution >= 4 is 43.6 Å². The summed E-state index contributed by atoms with van der Waals surface area (Å²) < 4.78 is 11.5. The van der Waals surface area contributed by atoms with Gasteiger partial charge in [-0.3, -0.25) is 0 Å². The van der Waals surface area contributed by atoms with Crippen molar-refractivity contribution in [3.63, 3.8) is 0 Å². The average molecular weight is 737 g/mol. The number of fused-ring (bicyclic) bond motifs is 6. The third-order valence-electron chi connectivity index (χ3n) is 11.3. The summed E-state index contributed by atoms with van der Waals surface area (Å²) in [5, 5.41) is 5.00. The average Bonchev–Trinajstić information content (AvgIpc) is 3.77. The molecule has 3 heteroatoms. The number of aromatic nitrogens is 2. The fraction of sp³-hybridized carbons (Fsp3) is 0.111. The van der Waals surface area contributed by atoms with Crippen molar-refractivity contribution in [1.29, 1.82) is 0 Å². The Bertz CT molecular complexity index is 2850. The molecule has 0 unspecified atom stereocenters. The molecule has 276 valence electrons. The summed E-state index contributed by atoms with van der Waals surface area (Å²) in [4.78, 5) is 0. The van der Waals surface area contributed by atoms with E-state index in [1.54, 1.807) is 0 Å². The maximum atomic E-state index is 6.68. The Kier molecular flexibility index (Phi) is 8.52. The van der Waals surface area contributed by atoms with E-state index in [2.05, 4.69) is 219 Å². The van der Waals surface area contributed by atoms with Crippen LogP contribution in [0.2, 0.25) is 0 Å². The molecule has 2 heterocycles. The van der Waals surface area contributed by atoms with Crippen LogP contribution in [0, 0.1) is 0 Å². The minimum absolute atomic E-state index is 0.0262. The number of para-hydroxylation sites is 4. The van der Waals surface area contributed by atoms with Gasteiger partial charge >= 0.3 is 0 Å². The predicted octanol–water partition coefficient (Wildman–Crippen LogP) is 14.8. The number of nitrogens with zero attached hydrogens (tertiary/aromatic N) is 2. The molecule has 0 bridgehead atoms. The second kappa shape index (κ2) is 14.0. The van der Waals surface area contributed by atoms with Gasteiger partial charge in [-0.2, -0.15) is 0 Å². The third kappa shape index (κ3) is 5.98. The fourth-order valence-corrected chi connectivity index (χ4v) is 8.66. The van der Waals surface area contributed by atoms with Gasteiger partial charge in [0.2, 0.25) is 0 Å². The highest BCUT2D eigenvalue weighted by Gasteiger charge is 2.20. The quantitative estimate of drug-likeness (QED) is 0.152. The summed E-state index contributed by atoms with van der Waals surface area (Å²) in [5.41, 5.74) is 15.1. The molecule has 0 atom stereocenters. The van der Waals surface area contributed by atoms with Crippen LogP contribution in [0.4, 0.5) is 0 Å². The lowest BCUT2D eigenvalue weighted by Crippen LogP contribution is -2.08. The minimum Gasteiger partial charge on any atom is -0.490 e. The molecule has 3 nitrogen and oxygen atoms in total. The fourth-order valence-electron chi connectivity index (χ4n) is 8.66. The van der Waals surface area contributed by atoms with E-state index in [-0.39, 0.29) is 6.10 Å². The molecule has 0 saturated heterocycles. The van der Waals surface area contributed by atoms with E-state index in [4.69, 9.17) is 4.74 Å². The van der Waals surface area contributed by atoms with Crippen molar-refractivity contribution in [3.05, 3.63) is 188 Å². The van der Waals surface area contributed by atoms with E-state index < -0.39 is 0 Å². The standard InChI is InChI=1S/C54H44N2O/c1-35(2)40-32-48(38-16-6-5-7-17-38)54(57-36(3)4)49(33-40)39-28-26-37(27-29-39)41-30-42(55-50-22-12-8-18-44(50)45-19-9-13-23-51(45)55)34-43(31-41)56-52-24-14-10-20-46(52)47-21-11-15-25-53(47)56/h5-36H,1-4H3. The van der Waals surface area contributed by atoms with Crippen molar-refractivity contribution in [3.8, 4) is 50.5 Å². The van der Waals surface area contributed by atoms with Crippen LogP contribution < -0.4 is 4.74 Å². The van der Waals surface area contributed by atoms with Crippen molar-refractivity contribution in [2.24, 2.45) is 0 Å². The van der Waals surface area contributed by atoms with Crippen molar-refractivity contribution in [1.82, 2.24) is 9.13 Å². The maximum absolute atomic E-state index is 6.68. The highest BCUT2D eigenvalue weighted by molar-refractivity contribution is 6.10. The highest BCUT2D eigenvalue weighted by atomic mass is 16.5. The molecule has 10 aromatic rings. The lowest BCUT2D eigenvalue weighted by molar-refractivity contribution is 0.244. The van der Waals surface area contributed by atoms with Crippen LogP contribution in [-0.4, -0.2) is 15.2 Å². The van der Waals surface area contributed by atoms with Gasteiger partial charge in [0.15, 0.2) is 0 Å². The molecule has 0 aliphatic rings. The number of hydrogen-bond acceptors (Lipinski definition) is 1. The van der Waals surface area contributed by atoms with E-state index in [0.717, 1.165) is 50.5 Å². The number of benzene rings is 8. The summed E-state index contributed by atoms with van der Waals surface area (Å²) >= 11 is 0. The lowest BCUT2D eigenvalue weighted by Gasteiger charge is -2.22. The van der Waals surface area contributed by atoms with E-state index in [0.29, 0.717) is 5.92 Å². The molecule has 0 radical (unpaired) electrons. The molecule has 57 heavy (non-hydrogen) atoms. The Hall–Kier alpha value is -6.84. The summed E-state index contributed by atoms with van der Waals surface area (Å²) in [7, 11) is 0. The molecule has 8 aromatic carbocycles. The summed E-state index contributed by atoms with van der Waals surface area (Å²) in [6.07, 6.45) is 0.0262. The monoisotopic (exact) mass is 736 g/mol. The first-order chi connectivity index (χ1) is 27.9. The van der Waals surface area contributed by atoms with Crippen LogP contribution in [0.1, 0.15) is 39.2 Å². The first-order valence-corrected chi connectivity index (χ1v) is 20.1. The molecular weight excluding hydrogens is 693 g/mol. The van der Waals surface area contributed by atoms with Gasteiger partial charge in [-0.1, -0.05) is 141 Å². The molecule has 0 aliphatic heterocycles. The molecule has 2 aromatic heterocycles. The van der Waals surface area contributed by atoms with Gasteiger partial charge in [0.05, 0.1) is 28.2 Å². The van der Waals surface area contributed by atoms with E-state index >= 15 is 0 Å². The van der Waals surface area contributed by atoms with Gasteiger partial charge in [0, 0.05) is 44.0 Å². The Morgan fingerprint density at radius 1 is 0.368 bits per heavy atom. The topological polar surface area (TPSA) is 19.1 Å². The Labute approximate surface area is 334 Å². The number of ether oxygens (including phenoxy) is 1. The zero-order valence-corrected chi connectivity index (χ0v) is 32.8. The zero-order chi connectivity index (χ0) is 38.6. The SMILES string of the molecule is CC(C)Oc1c(-c2ccccc2)cc(C(C)C)cc1-c1ccc(-c2cc(-n3c4ccccc4c4ccccc43)cc(-n3c4ccccc4c4ccccc43)c2)cc1. The van der Waals surface area contributed by atoms with Gasteiger partial charge in [-0.05, 0) is 102 Å². The van der Waals surface area contributed by atoms with Crippen LogP contribution in [0.5, 0.6) is 5.75 Å². The molecule has 0 saturated carbocycles. The molecular formula is C54H44N2O. The molecule has 0 fully saturated rings. The zero-order valence-electron chi connectivity index (χ0n) is 32.8. The Balaban J connectivity index is 1.19. The van der Waals surface area contributed by atoms with Crippen LogP contribution in [0.25, 0.3) is 88.4 Å². The Morgan fingerprint density at radius 3 is 1.18 bits per heavy atom. The summed E-state index contributed by atoms with van der Waals surface area (Å²) in [5.74, 6) is 1.29. The maximum Gasteiger partial charge on any atom is 0.135 e. The first kappa shape index (κ1) is 34.6. The summed E-state index contributed by atoms with van der Waals surface area (Å²) in [6.45, 7) is 8.74. The van der Waals surface area contributed by atoms with E-state index in [9.17, 15) is 0 Å². The molecule has 0 aliphatic carbocycles. The van der Waals surface area contributed by atoms with Crippen LogP contribution in [0.3, 0.4) is 0 Å². The largest absolute Gasteiger partial charge is 0.490 e. The molecule has 10 rings (SSSR count). The Morgan fingerprint density at radius 2 is 0.754 bits per heavy atom. The minimum atomic E-state index is 0.0262. The van der Waals surface area contributed by atoms with Gasteiger partial charge in [0.25, 0.3) is 0 Å². The van der Waals surface area contributed by atoms with Crippen molar-refractivity contribution < 1.29 is 4.74 Å². The smallest absolute Gasteiger partial charge is 0.135 e. The van der Waals surface area contributed by atoms with E-state index in [1.165, 1.54) is 49.2 Å². The van der Waals surface area contributed by atoms with Gasteiger partial charge in [-0.25, -0.2) is 0 Å². The highest BCUT2D eigenvalue weighted by Crippen LogP contribution is 2.44. The molecule has 0 N–H and O–H groups in total. The first-order valence-electron chi connectivity index (χ1n) is 20.1. The van der Waals surface area contributed by atoms with Gasteiger partial charge < -0.3 is 13.9 Å². The summed E-state index contributed by atoms with van der Waals surface area (Å²) in [6, 6.07) is 66.4. The molecule has 0 amide bonds. The van der Waals surface area contributed by atoms with Gasteiger partial charge in [-0.15, -0.1) is 0 Å². The normalized spacial score (nSPS) is 11.8. The van der Waals surface area contributed by atoms with Crippen molar-refractivity contribution in [2.75, 3.05) is 0 Å². The van der Waals surface area contributed by atoms with E-state index in [1.807, 2.05) is 0 Å². The number of hydrogen-bond donors (Lipinski definition) is 0. The van der Waals surface area contributed by atoms with Gasteiger partial charge in [0.1, 0.15) is 5.75 Å². The third-order valence-corrected chi connectivity index (χ3v) is 11.3. The van der Waals surface area contributed by atoms with Crippen molar-refractivity contribution in [2.45, 2.75) is 39.7 Å². The second-order valence-corrected chi connectivity index (χ2v) is 15.7.